The minimum atomic E-state index is -0.331. The maximum absolute atomic E-state index is 13.0. The van der Waals surface area contributed by atoms with Gasteiger partial charge in [-0.3, -0.25) is 4.79 Å². The van der Waals surface area contributed by atoms with E-state index in [9.17, 15) is 4.79 Å². The van der Waals surface area contributed by atoms with Gasteiger partial charge in [-0.05, 0) is 29.7 Å². The summed E-state index contributed by atoms with van der Waals surface area (Å²) in [5.41, 5.74) is 4.11. The summed E-state index contributed by atoms with van der Waals surface area (Å²) in [4.78, 5) is 20.7. The topological polar surface area (TPSA) is 41.9 Å². The Labute approximate surface area is 144 Å². The summed E-state index contributed by atoms with van der Waals surface area (Å²) in [6, 6.07) is 15.7. The second-order valence-electron chi connectivity index (χ2n) is 6.46. The molecule has 0 bridgehead atoms. The van der Waals surface area contributed by atoms with Crippen molar-refractivity contribution in [2.24, 2.45) is 11.1 Å². The number of amides is 1. The molecule has 3 aliphatic heterocycles. The molecule has 1 amide bonds. The standard InChI is InChI=1S/C19H15ClN2O2/c20-13-7-5-12(6-8-13)16-15-18(24-21-16)17-14-4-2-1-3-11(14)9-10-22(17)19(15)23/h1-8,15,17-18H,9-10H2/t15-,17-,18+/m1/s1. The summed E-state index contributed by atoms with van der Waals surface area (Å²) in [5, 5.41) is 4.93. The van der Waals surface area contributed by atoms with Crippen molar-refractivity contribution >= 4 is 23.2 Å². The van der Waals surface area contributed by atoms with Crippen molar-refractivity contribution in [3.05, 3.63) is 70.2 Å². The van der Waals surface area contributed by atoms with Gasteiger partial charge < -0.3 is 9.74 Å². The van der Waals surface area contributed by atoms with Crippen molar-refractivity contribution in [3.63, 3.8) is 0 Å². The second kappa shape index (κ2) is 5.08. The largest absolute Gasteiger partial charge is 0.388 e. The summed E-state index contributed by atoms with van der Waals surface area (Å²) < 4.78 is 0. The van der Waals surface area contributed by atoms with Crippen LogP contribution < -0.4 is 0 Å². The van der Waals surface area contributed by atoms with E-state index in [1.54, 1.807) is 0 Å². The number of carbonyl (C=O) groups excluding carboxylic acids is 1. The molecule has 2 aromatic carbocycles. The van der Waals surface area contributed by atoms with Gasteiger partial charge in [0.2, 0.25) is 5.91 Å². The Morgan fingerprint density at radius 1 is 1.12 bits per heavy atom. The summed E-state index contributed by atoms with van der Waals surface area (Å²) in [7, 11) is 0. The summed E-state index contributed by atoms with van der Waals surface area (Å²) in [6.45, 7) is 0.741. The Hall–Kier alpha value is -2.33. The van der Waals surface area contributed by atoms with Crippen LogP contribution in [0.2, 0.25) is 5.02 Å². The monoisotopic (exact) mass is 338 g/mol. The maximum atomic E-state index is 13.0. The maximum Gasteiger partial charge on any atom is 0.236 e. The molecule has 0 radical (unpaired) electrons. The van der Waals surface area contributed by atoms with Crippen LogP contribution in [0.4, 0.5) is 0 Å². The quantitative estimate of drug-likeness (QED) is 0.801. The first-order valence-electron chi connectivity index (χ1n) is 8.12. The smallest absolute Gasteiger partial charge is 0.236 e. The predicted octanol–water partition coefficient (Wildman–Crippen LogP) is 3.20. The summed E-state index contributed by atoms with van der Waals surface area (Å²) in [6.07, 6.45) is 0.648. The molecule has 0 saturated carbocycles. The van der Waals surface area contributed by atoms with Crippen LogP contribution >= 0.6 is 11.6 Å². The molecule has 0 aliphatic carbocycles. The molecule has 3 heterocycles. The van der Waals surface area contributed by atoms with E-state index in [2.05, 4.69) is 17.3 Å². The molecule has 0 aromatic heterocycles. The first kappa shape index (κ1) is 14.1. The van der Waals surface area contributed by atoms with Crippen molar-refractivity contribution in [2.75, 3.05) is 6.54 Å². The van der Waals surface area contributed by atoms with Crippen molar-refractivity contribution < 1.29 is 9.63 Å². The van der Waals surface area contributed by atoms with Crippen molar-refractivity contribution in [1.82, 2.24) is 4.90 Å². The lowest BCUT2D eigenvalue weighted by Crippen LogP contribution is -2.37. The van der Waals surface area contributed by atoms with Crippen molar-refractivity contribution in [2.45, 2.75) is 18.6 Å². The van der Waals surface area contributed by atoms with Crippen molar-refractivity contribution in [1.29, 1.82) is 0 Å². The molecule has 0 spiro atoms. The normalized spacial score (nSPS) is 27.2. The number of hydrogen-bond acceptors (Lipinski definition) is 3. The minimum absolute atomic E-state index is 0.0407. The van der Waals surface area contributed by atoms with E-state index in [1.165, 1.54) is 11.1 Å². The molecule has 3 atom stereocenters. The molecule has 120 valence electrons. The van der Waals surface area contributed by atoms with E-state index in [-0.39, 0.29) is 24.0 Å². The van der Waals surface area contributed by atoms with Gasteiger partial charge in [-0.15, -0.1) is 0 Å². The van der Waals surface area contributed by atoms with Crippen LogP contribution in [0.5, 0.6) is 0 Å². The molecule has 2 aromatic rings. The number of hydrogen-bond donors (Lipinski definition) is 0. The van der Waals surface area contributed by atoms with Gasteiger partial charge in [-0.25, -0.2) is 0 Å². The van der Waals surface area contributed by atoms with Gasteiger partial charge >= 0.3 is 0 Å². The number of carbonyl (C=O) groups is 1. The Bertz CT molecular complexity index is 862. The van der Waals surface area contributed by atoms with Crippen LogP contribution in [-0.4, -0.2) is 29.2 Å². The van der Waals surface area contributed by atoms with Gasteiger partial charge in [-0.2, -0.15) is 0 Å². The molecule has 4 nitrogen and oxygen atoms in total. The zero-order valence-electron chi connectivity index (χ0n) is 12.9. The SMILES string of the molecule is O=C1[C@@H]2C(c3ccc(Cl)cc3)=NO[C@@H]2[C@H]2c3ccccc3CCN12. The minimum Gasteiger partial charge on any atom is -0.388 e. The Morgan fingerprint density at radius 3 is 2.75 bits per heavy atom. The Kier molecular flexibility index (Phi) is 2.98. The third kappa shape index (κ3) is 1.86. The Balaban J connectivity index is 1.55. The first-order chi connectivity index (χ1) is 11.7. The molecule has 24 heavy (non-hydrogen) atoms. The summed E-state index contributed by atoms with van der Waals surface area (Å²) in [5.74, 6) is -0.215. The van der Waals surface area contributed by atoms with Crippen LogP contribution in [-0.2, 0) is 16.1 Å². The lowest BCUT2D eigenvalue weighted by molar-refractivity contribution is -0.130. The van der Waals surface area contributed by atoms with Crippen LogP contribution in [0.15, 0.2) is 53.7 Å². The highest BCUT2D eigenvalue weighted by Gasteiger charge is 2.57. The molecule has 1 fully saturated rings. The van der Waals surface area contributed by atoms with Gasteiger partial charge in [0.05, 0.1) is 6.04 Å². The summed E-state index contributed by atoms with van der Waals surface area (Å²) >= 11 is 5.97. The molecule has 1 saturated heterocycles. The molecule has 5 heteroatoms. The number of benzene rings is 2. The van der Waals surface area contributed by atoms with E-state index in [0.29, 0.717) is 10.7 Å². The number of halogens is 1. The molecule has 0 unspecified atom stereocenters. The molecular weight excluding hydrogens is 324 g/mol. The molecule has 5 rings (SSSR count). The van der Waals surface area contributed by atoms with Crippen molar-refractivity contribution in [3.8, 4) is 0 Å². The van der Waals surface area contributed by atoms with Crippen LogP contribution in [0.25, 0.3) is 0 Å². The number of fused-ring (bicyclic) bond motifs is 5. The van der Waals surface area contributed by atoms with Gasteiger partial charge in [0, 0.05) is 17.1 Å². The predicted molar refractivity (Wildman–Crippen MR) is 91.0 cm³/mol. The fourth-order valence-electron chi connectivity index (χ4n) is 4.12. The van der Waals surface area contributed by atoms with Gasteiger partial charge in [0.1, 0.15) is 11.6 Å². The average Bonchev–Trinajstić information content (AvgIpc) is 3.16. The van der Waals surface area contributed by atoms with E-state index >= 15 is 0 Å². The number of oxime groups is 1. The van der Waals surface area contributed by atoms with Crippen LogP contribution in [0.1, 0.15) is 22.7 Å². The molecule has 0 N–H and O–H groups in total. The third-order valence-electron chi connectivity index (χ3n) is 5.23. The fourth-order valence-corrected chi connectivity index (χ4v) is 4.25. The zero-order chi connectivity index (χ0) is 16.3. The van der Waals surface area contributed by atoms with Crippen LogP contribution in [0, 0.1) is 5.92 Å². The van der Waals surface area contributed by atoms with E-state index in [1.807, 2.05) is 41.3 Å². The average molecular weight is 339 g/mol. The van der Waals surface area contributed by atoms with Crippen LogP contribution in [0.3, 0.4) is 0 Å². The van der Waals surface area contributed by atoms with Gasteiger partial charge in [0.25, 0.3) is 0 Å². The lowest BCUT2D eigenvalue weighted by atomic mass is 9.87. The highest BCUT2D eigenvalue weighted by Crippen LogP contribution is 2.46. The highest BCUT2D eigenvalue weighted by atomic mass is 35.5. The number of rotatable bonds is 1. The number of nitrogens with zero attached hydrogens (tertiary/aromatic N) is 2. The van der Waals surface area contributed by atoms with E-state index in [4.69, 9.17) is 16.4 Å². The molecule has 3 aliphatic rings. The Morgan fingerprint density at radius 2 is 1.92 bits per heavy atom. The van der Waals surface area contributed by atoms with E-state index in [0.717, 1.165) is 18.5 Å². The second-order valence-corrected chi connectivity index (χ2v) is 6.89. The molecular formula is C19H15ClN2O2. The zero-order valence-corrected chi connectivity index (χ0v) is 13.6. The fraction of sp³-hybridized carbons (Fsp3) is 0.263. The highest BCUT2D eigenvalue weighted by molar-refractivity contribution is 6.30. The van der Waals surface area contributed by atoms with E-state index < -0.39 is 0 Å². The van der Waals surface area contributed by atoms with Gasteiger partial charge in [-0.1, -0.05) is 53.2 Å². The third-order valence-corrected chi connectivity index (χ3v) is 5.48. The first-order valence-corrected chi connectivity index (χ1v) is 8.50. The van der Waals surface area contributed by atoms with Gasteiger partial charge in [0.15, 0.2) is 6.10 Å². The lowest BCUT2D eigenvalue weighted by Gasteiger charge is -2.33.